The van der Waals surface area contributed by atoms with Crippen LogP contribution in [0.25, 0.3) is 0 Å². The molecular formula is C3H5NO8P2. The zero-order valence-electron chi connectivity index (χ0n) is 6.34. The molecule has 0 fully saturated rings. The van der Waals surface area contributed by atoms with Gasteiger partial charge in [0.1, 0.15) is 12.3 Å². The van der Waals surface area contributed by atoms with Crippen LogP contribution >= 0.6 is 15.6 Å². The predicted octanol–water partition coefficient (Wildman–Crippen LogP) is -0.430. The molecule has 0 aromatic rings. The summed E-state index contributed by atoms with van der Waals surface area (Å²) in [7, 11) is -9.80. The van der Waals surface area contributed by atoms with Crippen LogP contribution in [0.3, 0.4) is 0 Å². The van der Waals surface area contributed by atoms with Crippen molar-refractivity contribution in [3.63, 3.8) is 0 Å². The van der Waals surface area contributed by atoms with E-state index in [1.807, 2.05) is 0 Å². The molecule has 0 rings (SSSR count). The van der Waals surface area contributed by atoms with Crippen molar-refractivity contribution in [2.24, 2.45) is 0 Å². The molecule has 80 valence electrons. The zero-order chi connectivity index (χ0) is 11.4. The van der Waals surface area contributed by atoms with Gasteiger partial charge < -0.3 is 9.05 Å². The van der Waals surface area contributed by atoms with Crippen LogP contribution in [0, 0.1) is 11.3 Å². The fourth-order valence-electron chi connectivity index (χ4n) is 0.313. The minimum Gasteiger partial charge on any atom is -0.407 e. The SMILES string of the molecule is N#C/C(=C\OP(=O)(O)O)OP(=O)(O)O. The topological polar surface area (TPSA) is 157 Å². The number of hydrogen-bond donors (Lipinski definition) is 4. The Morgan fingerprint density at radius 1 is 1.21 bits per heavy atom. The van der Waals surface area contributed by atoms with Gasteiger partial charge in [-0.15, -0.1) is 0 Å². The predicted molar refractivity (Wildman–Crippen MR) is 40.0 cm³/mol. The third kappa shape index (κ3) is 7.76. The molecule has 14 heavy (non-hydrogen) atoms. The monoisotopic (exact) mass is 245 g/mol. The first-order valence-electron chi connectivity index (χ1n) is 2.73. The Morgan fingerprint density at radius 3 is 2.00 bits per heavy atom. The summed E-state index contributed by atoms with van der Waals surface area (Å²) in [5.74, 6) is -1.05. The van der Waals surface area contributed by atoms with Crippen LogP contribution in [0.5, 0.6) is 0 Å². The standard InChI is InChI=1S/C3H5NO8P2/c4-1-3(12-14(8,9)10)2-11-13(5,6)7/h2H,(H2,5,6,7)(H2,8,9,10)/b3-2+. The van der Waals surface area contributed by atoms with Crippen LogP contribution in [0.2, 0.25) is 0 Å². The molecule has 0 heterocycles. The average Bonchev–Trinajstić information content (AvgIpc) is 1.94. The Labute approximate surface area is 77.7 Å². The van der Waals surface area contributed by atoms with E-state index in [2.05, 4.69) is 9.05 Å². The molecule has 11 heteroatoms. The van der Waals surface area contributed by atoms with Gasteiger partial charge in [-0.05, 0) is 0 Å². The lowest BCUT2D eigenvalue weighted by molar-refractivity contribution is 0.228. The first kappa shape index (κ1) is 13.1. The second kappa shape index (κ2) is 4.57. The maximum Gasteiger partial charge on any atom is 0.525 e. The summed E-state index contributed by atoms with van der Waals surface area (Å²) in [5.41, 5.74) is 0. The minimum atomic E-state index is -4.94. The van der Waals surface area contributed by atoms with Crippen molar-refractivity contribution in [3.05, 3.63) is 12.0 Å². The molecular weight excluding hydrogens is 240 g/mol. The summed E-state index contributed by atoms with van der Waals surface area (Å²) < 4.78 is 27.6. The number of nitriles is 1. The molecule has 0 aromatic heterocycles. The van der Waals surface area contributed by atoms with Gasteiger partial charge in [-0.3, -0.25) is 19.6 Å². The molecule has 0 aliphatic rings. The quantitative estimate of drug-likeness (QED) is 0.293. The molecule has 0 amide bonds. The van der Waals surface area contributed by atoms with Crippen molar-refractivity contribution in [1.29, 1.82) is 5.26 Å². The number of phosphoric ester groups is 2. The fourth-order valence-corrected chi connectivity index (χ4v) is 0.886. The van der Waals surface area contributed by atoms with E-state index in [-0.39, 0.29) is 6.26 Å². The maximum atomic E-state index is 10.2. The summed E-state index contributed by atoms with van der Waals surface area (Å²) >= 11 is 0. The number of rotatable bonds is 4. The van der Waals surface area contributed by atoms with E-state index in [9.17, 15) is 9.13 Å². The van der Waals surface area contributed by atoms with E-state index < -0.39 is 21.4 Å². The third-order valence-corrected chi connectivity index (χ3v) is 1.44. The first-order chi connectivity index (χ1) is 6.14. The zero-order valence-corrected chi connectivity index (χ0v) is 8.13. The summed E-state index contributed by atoms with van der Waals surface area (Å²) in [6, 6.07) is 1.11. The van der Waals surface area contributed by atoms with Gasteiger partial charge in [0.05, 0.1) is 0 Å². The van der Waals surface area contributed by atoms with Crippen molar-refractivity contribution >= 4 is 15.6 Å². The van der Waals surface area contributed by atoms with Crippen molar-refractivity contribution < 1.29 is 37.8 Å². The smallest absolute Gasteiger partial charge is 0.407 e. The lowest BCUT2D eigenvalue weighted by Crippen LogP contribution is -1.89. The molecule has 0 saturated heterocycles. The molecule has 0 aliphatic heterocycles. The van der Waals surface area contributed by atoms with E-state index >= 15 is 0 Å². The third-order valence-electron chi connectivity index (χ3n) is 0.625. The van der Waals surface area contributed by atoms with Crippen LogP contribution in [-0.2, 0) is 18.2 Å². The second-order valence-electron chi connectivity index (χ2n) is 1.77. The Kier molecular flexibility index (Phi) is 4.29. The van der Waals surface area contributed by atoms with Gasteiger partial charge in [-0.1, -0.05) is 0 Å². The largest absolute Gasteiger partial charge is 0.525 e. The molecule has 0 unspecified atom stereocenters. The highest BCUT2D eigenvalue weighted by Crippen LogP contribution is 2.41. The molecule has 0 radical (unpaired) electrons. The van der Waals surface area contributed by atoms with Gasteiger partial charge in [0.25, 0.3) is 0 Å². The Bertz CT molecular complexity index is 355. The molecule has 4 N–H and O–H groups in total. The Balaban J connectivity index is 4.54. The van der Waals surface area contributed by atoms with E-state index in [1.165, 1.54) is 0 Å². The molecule has 0 atom stereocenters. The van der Waals surface area contributed by atoms with Crippen LogP contribution in [0.1, 0.15) is 0 Å². The highest BCUT2D eigenvalue weighted by molar-refractivity contribution is 7.46. The molecule has 9 nitrogen and oxygen atoms in total. The van der Waals surface area contributed by atoms with Gasteiger partial charge in [0.2, 0.25) is 5.76 Å². The number of allylic oxidation sites excluding steroid dienone is 1. The molecule has 0 saturated carbocycles. The van der Waals surface area contributed by atoms with E-state index in [4.69, 9.17) is 24.8 Å². The number of phosphoric acid groups is 2. The lowest BCUT2D eigenvalue weighted by Gasteiger charge is -2.05. The van der Waals surface area contributed by atoms with Gasteiger partial charge in [-0.25, -0.2) is 9.13 Å². The molecule has 0 aliphatic carbocycles. The second-order valence-corrected chi connectivity index (χ2v) is 4.13. The van der Waals surface area contributed by atoms with E-state index in [0.29, 0.717) is 0 Å². The molecule has 0 spiro atoms. The van der Waals surface area contributed by atoms with Crippen LogP contribution in [0.4, 0.5) is 0 Å². The van der Waals surface area contributed by atoms with Crippen molar-refractivity contribution in [2.45, 2.75) is 0 Å². The van der Waals surface area contributed by atoms with Crippen LogP contribution in [0.15, 0.2) is 12.0 Å². The molecule has 0 bridgehead atoms. The molecule has 0 aromatic carbocycles. The minimum absolute atomic E-state index is 0.111. The summed E-state index contributed by atoms with van der Waals surface area (Å²) in [5, 5.41) is 8.17. The lowest BCUT2D eigenvalue weighted by atomic mass is 10.6. The van der Waals surface area contributed by atoms with Crippen molar-refractivity contribution in [1.82, 2.24) is 0 Å². The van der Waals surface area contributed by atoms with Crippen molar-refractivity contribution in [2.75, 3.05) is 0 Å². The fraction of sp³-hybridized carbons (Fsp3) is 0. The Morgan fingerprint density at radius 2 is 1.71 bits per heavy atom. The highest BCUT2D eigenvalue weighted by Gasteiger charge is 2.20. The maximum absolute atomic E-state index is 10.2. The van der Waals surface area contributed by atoms with Crippen molar-refractivity contribution in [3.8, 4) is 6.07 Å². The van der Waals surface area contributed by atoms with Gasteiger partial charge >= 0.3 is 15.6 Å². The number of hydrogen-bond acceptors (Lipinski definition) is 5. The van der Waals surface area contributed by atoms with Crippen LogP contribution in [-0.4, -0.2) is 19.6 Å². The summed E-state index contributed by atoms with van der Waals surface area (Å²) in [6.45, 7) is 0. The van der Waals surface area contributed by atoms with Crippen LogP contribution < -0.4 is 0 Å². The van der Waals surface area contributed by atoms with E-state index in [1.54, 1.807) is 0 Å². The summed E-state index contributed by atoms with van der Waals surface area (Å²) in [4.78, 5) is 32.7. The first-order valence-corrected chi connectivity index (χ1v) is 5.79. The highest BCUT2D eigenvalue weighted by atomic mass is 31.2. The summed E-state index contributed by atoms with van der Waals surface area (Å²) in [6.07, 6.45) is 0.111. The van der Waals surface area contributed by atoms with E-state index in [0.717, 1.165) is 6.07 Å². The van der Waals surface area contributed by atoms with Gasteiger partial charge in [0.15, 0.2) is 0 Å². The normalized spacial score (nSPS) is 13.2. The Hall–Kier alpha value is -0.870. The van der Waals surface area contributed by atoms with Gasteiger partial charge in [0, 0.05) is 0 Å². The average molecular weight is 245 g/mol. The number of nitrogens with zero attached hydrogens (tertiary/aromatic N) is 1. The van der Waals surface area contributed by atoms with Gasteiger partial charge in [-0.2, -0.15) is 5.26 Å².